The summed E-state index contributed by atoms with van der Waals surface area (Å²) in [7, 11) is 1.83. The Morgan fingerprint density at radius 3 is 2.35 bits per heavy atom. The number of halogens is 1. The summed E-state index contributed by atoms with van der Waals surface area (Å²) in [5.74, 6) is -0.562. The molecule has 0 heterocycles. The van der Waals surface area contributed by atoms with Crippen molar-refractivity contribution in [1.29, 1.82) is 0 Å². The molecule has 0 aliphatic heterocycles. The Hall–Kier alpha value is -2.20. The average Bonchev–Trinajstić information content (AvgIpc) is 2.37. The van der Waals surface area contributed by atoms with Gasteiger partial charge in [0.05, 0.1) is 16.3 Å². The number of hydrogen-bond acceptors (Lipinski definition) is 3. The zero-order valence-corrected chi connectivity index (χ0v) is 12.1. The molecule has 104 valence electrons. The highest BCUT2D eigenvalue weighted by atomic mass is 35.5. The number of hydrogen-bond donors (Lipinski definition) is 2. The maximum atomic E-state index is 11.6. The van der Waals surface area contributed by atoms with E-state index in [-0.39, 0.29) is 0 Å². The normalized spacial score (nSPS) is 10.3. The van der Waals surface area contributed by atoms with Gasteiger partial charge in [-0.3, -0.25) is 4.79 Å². The quantitative estimate of drug-likeness (QED) is 0.853. The van der Waals surface area contributed by atoms with Crippen LogP contribution in [0.25, 0.3) is 0 Å². The van der Waals surface area contributed by atoms with Crippen LogP contribution >= 0.6 is 11.6 Å². The zero-order chi connectivity index (χ0) is 14.9. The lowest BCUT2D eigenvalue weighted by Crippen LogP contribution is -2.19. The summed E-state index contributed by atoms with van der Waals surface area (Å²) in [6.07, 6.45) is 0. The van der Waals surface area contributed by atoms with E-state index in [0.717, 1.165) is 11.3 Å². The molecule has 0 saturated carbocycles. The maximum Gasteiger partial charge on any atom is 0.250 e. The first-order chi connectivity index (χ1) is 9.40. The number of nitrogens with zero attached hydrogens (tertiary/aromatic N) is 1. The number of nitrogens with two attached hydrogens (primary N) is 2. The molecule has 0 unspecified atom stereocenters. The molecule has 0 saturated heterocycles. The monoisotopic (exact) mass is 289 g/mol. The molecule has 20 heavy (non-hydrogen) atoms. The van der Waals surface area contributed by atoms with Crippen molar-refractivity contribution in [2.45, 2.75) is 6.92 Å². The van der Waals surface area contributed by atoms with Crippen molar-refractivity contribution in [2.24, 2.45) is 5.73 Å². The molecule has 0 radical (unpaired) electrons. The summed E-state index contributed by atoms with van der Waals surface area (Å²) in [6.45, 7) is 2.01. The van der Waals surface area contributed by atoms with Gasteiger partial charge in [-0.15, -0.1) is 0 Å². The number of amides is 1. The standard InChI is InChI=1S/C15H16ClN3O/c1-9-3-5-11(6-4-9)19(2)14-12(15(18)20)7-10(17)8-13(14)16/h3-8H,17H2,1-2H3,(H2,18,20). The van der Waals surface area contributed by atoms with Gasteiger partial charge in [0, 0.05) is 18.4 Å². The summed E-state index contributed by atoms with van der Waals surface area (Å²) in [5, 5.41) is 0.391. The summed E-state index contributed by atoms with van der Waals surface area (Å²) in [6, 6.07) is 11.0. The van der Waals surface area contributed by atoms with E-state index in [2.05, 4.69) is 0 Å². The fourth-order valence-electron chi connectivity index (χ4n) is 2.05. The third kappa shape index (κ3) is 2.70. The molecule has 0 fully saturated rings. The van der Waals surface area contributed by atoms with Crippen molar-refractivity contribution in [1.82, 2.24) is 0 Å². The Kier molecular flexibility index (Phi) is 3.86. The van der Waals surface area contributed by atoms with Crippen LogP contribution < -0.4 is 16.4 Å². The molecule has 4 nitrogen and oxygen atoms in total. The predicted octanol–water partition coefficient (Wildman–Crippen LogP) is 3.10. The van der Waals surface area contributed by atoms with Crippen molar-refractivity contribution in [2.75, 3.05) is 17.7 Å². The Morgan fingerprint density at radius 1 is 1.20 bits per heavy atom. The van der Waals surface area contributed by atoms with Crippen LogP contribution in [0.4, 0.5) is 17.1 Å². The van der Waals surface area contributed by atoms with Gasteiger partial charge in [-0.2, -0.15) is 0 Å². The predicted molar refractivity (Wildman–Crippen MR) is 83.6 cm³/mol. The third-order valence-corrected chi connectivity index (χ3v) is 3.40. The highest BCUT2D eigenvalue weighted by Gasteiger charge is 2.18. The minimum absolute atomic E-state index is 0.304. The van der Waals surface area contributed by atoms with Crippen molar-refractivity contribution < 1.29 is 4.79 Å². The molecule has 4 N–H and O–H groups in total. The van der Waals surface area contributed by atoms with E-state index in [9.17, 15) is 4.79 Å². The molecule has 2 aromatic carbocycles. The molecule has 0 aromatic heterocycles. The topological polar surface area (TPSA) is 72.3 Å². The van der Waals surface area contributed by atoms with E-state index in [1.807, 2.05) is 43.1 Å². The van der Waals surface area contributed by atoms with Gasteiger partial charge in [0.15, 0.2) is 0 Å². The van der Waals surface area contributed by atoms with Gasteiger partial charge in [-0.1, -0.05) is 29.3 Å². The van der Waals surface area contributed by atoms with Crippen LogP contribution in [-0.2, 0) is 0 Å². The number of rotatable bonds is 3. The number of carbonyl (C=O) groups excluding carboxylic acids is 1. The molecular formula is C15H16ClN3O. The summed E-state index contributed by atoms with van der Waals surface area (Å²) in [4.78, 5) is 13.4. The van der Waals surface area contributed by atoms with E-state index in [4.69, 9.17) is 23.1 Å². The average molecular weight is 290 g/mol. The molecule has 0 aliphatic carbocycles. The molecule has 1 amide bonds. The van der Waals surface area contributed by atoms with Crippen LogP contribution in [0.1, 0.15) is 15.9 Å². The minimum atomic E-state index is -0.562. The fraction of sp³-hybridized carbons (Fsp3) is 0.133. The van der Waals surface area contributed by atoms with Crippen molar-refractivity contribution in [3.05, 3.63) is 52.5 Å². The molecule has 2 aromatic rings. The van der Waals surface area contributed by atoms with E-state index in [1.165, 1.54) is 6.07 Å². The Morgan fingerprint density at radius 2 is 1.80 bits per heavy atom. The Labute approximate surface area is 122 Å². The van der Waals surface area contributed by atoms with Crippen molar-refractivity contribution in [3.63, 3.8) is 0 Å². The minimum Gasteiger partial charge on any atom is -0.399 e. The summed E-state index contributed by atoms with van der Waals surface area (Å²) >= 11 is 6.23. The van der Waals surface area contributed by atoms with Gasteiger partial charge >= 0.3 is 0 Å². The first kappa shape index (κ1) is 14.2. The van der Waals surface area contributed by atoms with Crippen molar-refractivity contribution >= 4 is 34.6 Å². The molecule has 0 aliphatic rings. The number of anilines is 3. The molecule has 2 rings (SSSR count). The Balaban J connectivity index is 2.56. The second-order valence-electron chi connectivity index (χ2n) is 4.66. The maximum absolute atomic E-state index is 11.6. The summed E-state index contributed by atoms with van der Waals surface area (Å²) < 4.78 is 0. The third-order valence-electron chi connectivity index (χ3n) is 3.11. The second kappa shape index (κ2) is 5.43. The number of nitrogen functional groups attached to an aromatic ring is 1. The molecule has 0 bridgehead atoms. The summed E-state index contributed by atoms with van der Waals surface area (Å²) in [5.41, 5.74) is 14.5. The number of primary amides is 1. The van der Waals surface area contributed by atoms with Gasteiger partial charge in [0.1, 0.15) is 0 Å². The molecule has 5 heteroatoms. The van der Waals surface area contributed by atoms with E-state index in [0.29, 0.717) is 22.0 Å². The van der Waals surface area contributed by atoms with E-state index >= 15 is 0 Å². The number of aryl methyl sites for hydroxylation is 1. The van der Waals surface area contributed by atoms with Gasteiger partial charge < -0.3 is 16.4 Å². The van der Waals surface area contributed by atoms with Gasteiger partial charge in [-0.05, 0) is 31.2 Å². The fourth-order valence-corrected chi connectivity index (χ4v) is 2.40. The second-order valence-corrected chi connectivity index (χ2v) is 5.06. The highest BCUT2D eigenvalue weighted by Crippen LogP contribution is 2.35. The first-order valence-electron chi connectivity index (χ1n) is 6.09. The van der Waals surface area contributed by atoms with Crippen LogP contribution in [0.5, 0.6) is 0 Å². The molecule has 0 spiro atoms. The number of benzene rings is 2. The van der Waals surface area contributed by atoms with Crippen LogP contribution in [0.3, 0.4) is 0 Å². The van der Waals surface area contributed by atoms with E-state index in [1.54, 1.807) is 6.07 Å². The van der Waals surface area contributed by atoms with Crippen LogP contribution in [-0.4, -0.2) is 13.0 Å². The van der Waals surface area contributed by atoms with Gasteiger partial charge in [0.2, 0.25) is 0 Å². The highest BCUT2D eigenvalue weighted by molar-refractivity contribution is 6.34. The Bertz CT molecular complexity index is 653. The largest absolute Gasteiger partial charge is 0.399 e. The SMILES string of the molecule is Cc1ccc(N(C)c2c(Cl)cc(N)cc2C(N)=O)cc1. The lowest BCUT2D eigenvalue weighted by Gasteiger charge is -2.23. The molecular weight excluding hydrogens is 274 g/mol. The van der Waals surface area contributed by atoms with Crippen molar-refractivity contribution in [3.8, 4) is 0 Å². The van der Waals surface area contributed by atoms with Gasteiger partial charge in [-0.25, -0.2) is 0 Å². The first-order valence-corrected chi connectivity index (χ1v) is 6.47. The number of carbonyl (C=O) groups is 1. The van der Waals surface area contributed by atoms with Crippen LogP contribution in [0.2, 0.25) is 5.02 Å². The van der Waals surface area contributed by atoms with Gasteiger partial charge in [0.25, 0.3) is 5.91 Å². The van der Waals surface area contributed by atoms with Crippen LogP contribution in [0.15, 0.2) is 36.4 Å². The van der Waals surface area contributed by atoms with Crippen LogP contribution in [0, 0.1) is 6.92 Å². The molecule has 0 atom stereocenters. The van der Waals surface area contributed by atoms with E-state index < -0.39 is 5.91 Å². The zero-order valence-electron chi connectivity index (χ0n) is 11.4. The lowest BCUT2D eigenvalue weighted by molar-refractivity contribution is 0.100. The lowest BCUT2D eigenvalue weighted by atomic mass is 10.1. The smallest absolute Gasteiger partial charge is 0.250 e.